The van der Waals surface area contributed by atoms with Gasteiger partial charge in [0.15, 0.2) is 0 Å². The van der Waals surface area contributed by atoms with Crippen LogP contribution in [0.1, 0.15) is 22.6 Å². The molecule has 0 aliphatic heterocycles. The zero-order chi connectivity index (χ0) is 17.1. The highest BCUT2D eigenvalue weighted by atomic mass is 79.9. The van der Waals surface area contributed by atoms with E-state index in [1.54, 1.807) is 6.07 Å². The van der Waals surface area contributed by atoms with Gasteiger partial charge in [0.05, 0.1) is 0 Å². The van der Waals surface area contributed by atoms with Crippen LogP contribution in [-0.4, -0.2) is 19.2 Å². The molecule has 122 valence electrons. The quantitative estimate of drug-likeness (QED) is 0.611. The Kier molecular flexibility index (Phi) is 4.91. The van der Waals surface area contributed by atoms with E-state index in [1.165, 1.54) is 0 Å². The molecule has 24 heavy (non-hydrogen) atoms. The van der Waals surface area contributed by atoms with Gasteiger partial charge in [-0.05, 0) is 41.5 Å². The van der Waals surface area contributed by atoms with Gasteiger partial charge in [-0.15, -0.1) is 0 Å². The molecule has 0 spiro atoms. The molecule has 3 heteroatoms. The van der Waals surface area contributed by atoms with Crippen LogP contribution in [0.3, 0.4) is 0 Å². The highest BCUT2D eigenvalue weighted by Gasteiger charge is 2.20. The Hall–Kier alpha value is -2.26. The molecule has 3 aromatic rings. The third-order valence-electron chi connectivity index (χ3n) is 4.17. The fourth-order valence-corrected chi connectivity index (χ4v) is 3.35. The van der Waals surface area contributed by atoms with Gasteiger partial charge in [0.25, 0.3) is 0 Å². The number of benzene rings is 3. The Morgan fingerprint density at radius 3 is 2.17 bits per heavy atom. The van der Waals surface area contributed by atoms with Gasteiger partial charge in [0.2, 0.25) is 0 Å². The van der Waals surface area contributed by atoms with E-state index in [1.807, 2.05) is 44.4 Å². The minimum Gasteiger partial charge on any atom is -0.508 e. The molecule has 3 rings (SSSR count). The molecule has 0 saturated heterocycles. The van der Waals surface area contributed by atoms with E-state index >= 15 is 0 Å². The number of phenols is 1. The summed E-state index contributed by atoms with van der Waals surface area (Å²) in [4.78, 5) is 2.08. The lowest BCUT2D eigenvalue weighted by molar-refractivity contribution is 0.467. The summed E-state index contributed by atoms with van der Waals surface area (Å²) in [7, 11) is 4.06. The first-order valence-corrected chi connectivity index (χ1v) is 8.66. The molecular formula is C21H20BrNO. The normalized spacial score (nSPS) is 12.0. The second-order valence-electron chi connectivity index (χ2n) is 6.03. The molecule has 0 aliphatic carbocycles. The predicted molar refractivity (Wildman–Crippen MR) is 104 cm³/mol. The van der Waals surface area contributed by atoms with Gasteiger partial charge in [-0.2, -0.15) is 0 Å². The van der Waals surface area contributed by atoms with E-state index in [9.17, 15) is 5.11 Å². The van der Waals surface area contributed by atoms with Crippen LogP contribution in [0.5, 0.6) is 5.75 Å². The summed E-state index contributed by atoms with van der Waals surface area (Å²) in [5.74, 6) is 0.305. The topological polar surface area (TPSA) is 23.5 Å². The first kappa shape index (κ1) is 16.6. The molecule has 0 aromatic heterocycles. The number of halogens is 1. The van der Waals surface area contributed by atoms with E-state index < -0.39 is 0 Å². The Labute approximate surface area is 151 Å². The number of phenolic OH excluding ortho intramolecular Hbond substituents is 1. The first-order valence-electron chi connectivity index (χ1n) is 7.87. The van der Waals surface area contributed by atoms with Crippen LogP contribution in [0.15, 0.2) is 77.3 Å². The van der Waals surface area contributed by atoms with Gasteiger partial charge in [-0.25, -0.2) is 0 Å². The molecule has 3 aromatic carbocycles. The molecular weight excluding hydrogens is 362 g/mol. The number of anilines is 1. The van der Waals surface area contributed by atoms with Gasteiger partial charge in [-0.3, -0.25) is 0 Å². The number of rotatable bonds is 4. The molecule has 0 amide bonds. The summed E-state index contributed by atoms with van der Waals surface area (Å²) in [6, 6.07) is 24.3. The molecule has 0 radical (unpaired) electrons. The number of hydrogen-bond donors (Lipinski definition) is 1. The summed E-state index contributed by atoms with van der Waals surface area (Å²) in [6.45, 7) is 0. The van der Waals surface area contributed by atoms with Crippen molar-refractivity contribution >= 4 is 21.6 Å². The van der Waals surface area contributed by atoms with Crippen molar-refractivity contribution in [3.8, 4) is 5.75 Å². The maximum Gasteiger partial charge on any atom is 0.119 e. The van der Waals surface area contributed by atoms with E-state index in [-0.39, 0.29) is 5.92 Å². The lowest BCUT2D eigenvalue weighted by Gasteiger charge is -2.21. The van der Waals surface area contributed by atoms with Crippen LogP contribution in [-0.2, 0) is 0 Å². The van der Waals surface area contributed by atoms with Crippen molar-refractivity contribution in [1.29, 1.82) is 0 Å². The minimum atomic E-state index is -0.0140. The van der Waals surface area contributed by atoms with Crippen LogP contribution < -0.4 is 4.90 Å². The number of para-hydroxylation sites is 1. The molecule has 0 heterocycles. The van der Waals surface area contributed by atoms with Crippen molar-refractivity contribution in [3.05, 3.63) is 94.0 Å². The van der Waals surface area contributed by atoms with Crippen molar-refractivity contribution in [3.63, 3.8) is 0 Å². The van der Waals surface area contributed by atoms with Crippen molar-refractivity contribution in [2.75, 3.05) is 19.0 Å². The van der Waals surface area contributed by atoms with Gasteiger partial charge < -0.3 is 10.0 Å². The summed E-state index contributed by atoms with van der Waals surface area (Å²) in [5.41, 5.74) is 4.36. The Balaban J connectivity index is 2.13. The Morgan fingerprint density at radius 1 is 0.833 bits per heavy atom. The molecule has 1 unspecified atom stereocenters. The summed E-state index contributed by atoms with van der Waals surface area (Å²) < 4.78 is 1.03. The van der Waals surface area contributed by atoms with Crippen LogP contribution in [0.25, 0.3) is 0 Å². The van der Waals surface area contributed by atoms with Gasteiger partial charge in [0, 0.05) is 35.7 Å². The van der Waals surface area contributed by atoms with Crippen LogP contribution in [0.2, 0.25) is 0 Å². The first-order chi connectivity index (χ1) is 11.6. The van der Waals surface area contributed by atoms with Crippen molar-refractivity contribution < 1.29 is 5.11 Å². The summed E-state index contributed by atoms with van der Waals surface area (Å²) in [5, 5.41) is 10.4. The molecule has 1 N–H and O–H groups in total. The van der Waals surface area contributed by atoms with Gasteiger partial charge >= 0.3 is 0 Å². The number of aromatic hydroxyl groups is 1. The van der Waals surface area contributed by atoms with E-state index in [4.69, 9.17) is 0 Å². The molecule has 0 saturated carbocycles. The fourth-order valence-electron chi connectivity index (χ4n) is 2.93. The van der Waals surface area contributed by atoms with Crippen LogP contribution in [0, 0.1) is 0 Å². The maximum atomic E-state index is 10.4. The smallest absolute Gasteiger partial charge is 0.119 e. The van der Waals surface area contributed by atoms with E-state index in [0.29, 0.717) is 5.75 Å². The van der Waals surface area contributed by atoms with Crippen molar-refractivity contribution in [2.24, 2.45) is 0 Å². The lowest BCUT2D eigenvalue weighted by atomic mass is 9.84. The average Bonchev–Trinajstić information content (AvgIpc) is 2.57. The lowest BCUT2D eigenvalue weighted by Crippen LogP contribution is -2.09. The van der Waals surface area contributed by atoms with Crippen LogP contribution in [0.4, 0.5) is 5.69 Å². The third kappa shape index (κ3) is 3.46. The van der Waals surface area contributed by atoms with Crippen molar-refractivity contribution in [1.82, 2.24) is 0 Å². The SMILES string of the molecule is CN(C)c1ccc(C(c2cccc(Br)c2)c2ccccc2O)cc1. The summed E-state index contributed by atoms with van der Waals surface area (Å²) >= 11 is 3.56. The second-order valence-corrected chi connectivity index (χ2v) is 6.95. The average molecular weight is 382 g/mol. The predicted octanol–water partition coefficient (Wildman–Crippen LogP) is 5.40. The largest absolute Gasteiger partial charge is 0.508 e. The molecule has 0 aliphatic rings. The minimum absolute atomic E-state index is 0.0140. The Bertz CT molecular complexity index is 827. The standard InChI is InChI=1S/C21H20BrNO/c1-23(2)18-12-10-15(11-13-18)21(16-6-5-7-17(22)14-16)19-8-3-4-9-20(19)24/h3-14,21,24H,1-2H3. The van der Waals surface area contributed by atoms with Gasteiger partial charge in [-0.1, -0.05) is 58.4 Å². The Morgan fingerprint density at radius 2 is 1.54 bits per heavy atom. The number of nitrogens with zero attached hydrogens (tertiary/aromatic N) is 1. The highest BCUT2D eigenvalue weighted by molar-refractivity contribution is 9.10. The zero-order valence-electron chi connectivity index (χ0n) is 13.8. The van der Waals surface area contributed by atoms with E-state index in [2.05, 4.69) is 57.2 Å². The van der Waals surface area contributed by atoms with Crippen molar-refractivity contribution in [2.45, 2.75) is 5.92 Å². The molecule has 0 bridgehead atoms. The van der Waals surface area contributed by atoms with E-state index in [0.717, 1.165) is 26.9 Å². The molecule has 0 fully saturated rings. The zero-order valence-corrected chi connectivity index (χ0v) is 15.4. The second kappa shape index (κ2) is 7.10. The fraction of sp³-hybridized carbons (Fsp3) is 0.143. The molecule has 2 nitrogen and oxygen atoms in total. The van der Waals surface area contributed by atoms with Crippen LogP contribution >= 0.6 is 15.9 Å². The molecule has 1 atom stereocenters. The third-order valence-corrected chi connectivity index (χ3v) is 4.67. The number of hydrogen-bond acceptors (Lipinski definition) is 2. The highest BCUT2D eigenvalue weighted by Crippen LogP contribution is 2.37. The monoisotopic (exact) mass is 381 g/mol. The maximum absolute atomic E-state index is 10.4. The summed E-state index contributed by atoms with van der Waals surface area (Å²) in [6.07, 6.45) is 0. The van der Waals surface area contributed by atoms with Gasteiger partial charge in [0.1, 0.15) is 5.75 Å².